The minimum Gasteiger partial charge on any atom is -0.337 e. The molecular weight excluding hydrogens is 453 g/mol. The van der Waals surface area contributed by atoms with Gasteiger partial charge in [-0.15, -0.1) is 0 Å². The second kappa shape index (κ2) is 9.67. The number of pyridine rings is 2. The molecule has 0 saturated heterocycles. The molecule has 4 aromatic heterocycles. The zero-order valence-electron chi connectivity index (χ0n) is 20.4. The van der Waals surface area contributed by atoms with Gasteiger partial charge in [-0.25, -0.2) is 9.37 Å². The van der Waals surface area contributed by atoms with E-state index < -0.39 is 5.83 Å². The van der Waals surface area contributed by atoms with Crippen molar-refractivity contribution in [2.45, 2.75) is 13.5 Å². The van der Waals surface area contributed by atoms with Crippen molar-refractivity contribution in [3.63, 3.8) is 0 Å². The van der Waals surface area contributed by atoms with Gasteiger partial charge < -0.3 is 9.88 Å². The smallest absolute Gasteiger partial charge is 0.159 e. The van der Waals surface area contributed by atoms with Gasteiger partial charge in [-0.1, -0.05) is 24.8 Å². The fourth-order valence-corrected chi connectivity index (χ4v) is 4.25. The van der Waals surface area contributed by atoms with Gasteiger partial charge in [-0.3, -0.25) is 15.1 Å². The summed E-state index contributed by atoms with van der Waals surface area (Å²) in [6, 6.07) is 11.7. The maximum Gasteiger partial charge on any atom is 0.159 e. The number of hydrogen-bond acceptors (Lipinski definition) is 5. The van der Waals surface area contributed by atoms with Crippen LogP contribution in [0.15, 0.2) is 67.8 Å². The Morgan fingerprint density at radius 3 is 2.67 bits per heavy atom. The lowest BCUT2D eigenvalue weighted by Crippen LogP contribution is -2.26. The highest BCUT2D eigenvalue weighted by atomic mass is 19.1. The molecular formula is C28H26FN7. The summed E-state index contributed by atoms with van der Waals surface area (Å²) in [7, 11) is 3.95. The number of aromatic nitrogens is 6. The Balaban J connectivity index is 1.65. The van der Waals surface area contributed by atoms with E-state index in [4.69, 9.17) is 4.98 Å². The molecule has 5 rings (SSSR count). The molecule has 7 nitrogen and oxygen atoms in total. The third kappa shape index (κ3) is 4.34. The molecule has 2 N–H and O–H groups in total. The van der Waals surface area contributed by atoms with Crippen molar-refractivity contribution in [2.24, 2.45) is 0 Å². The molecule has 0 saturated carbocycles. The van der Waals surface area contributed by atoms with Crippen LogP contribution in [0.4, 0.5) is 4.39 Å². The van der Waals surface area contributed by atoms with Gasteiger partial charge in [0.1, 0.15) is 11.5 Å². The summed E-state index contributed by atoms with van der Waals surface area (Å²) < 4.78 is 16.1. The topological polar surface area (TPSA) is 86.4 Å². The fourth-order valence-electron chi connectivity index (χ4n) is 4.25. The van der Waals surface area contributed by atoms with Crippen LogP contribution in [0.1, 0.15) is 18.1 Å². The van der Waals surface area contributed by atoms with E-state index in [2.05, 4.69) is 31.7 Å². The van der Waals surface area contributed by atoms with Crippen LogP contribution in [0.3, 0.4) is 0 Å². The molecule has 0 atom stereocenters. The second-order valence-corrected chi connectivity index (χ2v) is 8.78. The van der Waals surface area contributed by atoms with E-state index in [9.17, 15) is 0 Å². The van der Waals surface area contributed by atoms with Gasteiger partial charge in [0, 0.05) is 48.0 Å². The fraction of sp³-hybridized carbons (Fsp3) is 0.143. The highest BCUT2D eigenvalue weighted by Gasteiger charge is 2.18. The quantitative estimate of drug-likeness (QED) is 0.384. The van der Waals surface area contributed by atoms with E-state index in [1.165, 1.54) is 0 Å². The van der Waals surface area contributed by atoms with E-state index in [1.54, 1.807) is 30.9 Å². The molecule has 0 spiro atoms. The van der Waals surface area contributed by atoms with Gasteiger partial charge in [0.05, 0.1) is 21.6 Å². The number of nitrogens with one attached hydrogen (secondary N) is 2. The highest BCUT2D eigenvalue weighted by Crippen LogP contribution is 2.29. The predicted octanol–water partition coefficient (Wildman–Crippen LogP) is 4.06. The summed E-state index contributed by atoms with van der Waals surface area (Å²) in [5.41, 5.74) is 5.76. The first kappa shape index (κ1) is 23.3. The Labute approximate surface area is 207 Å². The number of aromatic amines is 2. The molecule has 0 aliphatic heterocycles. The highest BCUT2D eigenvalue weighted by molar-refractivity contribution is 5.95. The van der Waals surface area contributed by atoms with Crippen molar-refractivity contribution in [2.75, 3.05) is 14.1 Å². The molecule has 0 fully saturated rings. The van der Waals surface area contributed by atoms with Gasteiger partial charge in [-0.05, 0) is 56.4 Å². The number of rotatable bonds is 6. The minimum atomic E-state index is -0.481. The molecule has 0 unspecified atom stereocenters. The molecule has 8 heteroatoms. The lowest BCUT2D eigenvalue weighted by Gasteiger charge is -2.11. The molecule has 0 aliphatic rings. The van der Waals surface area contributed by atoms with E-state index in [0.717, 1.165) is 27.7 Å². The summed E-state index contributed by atoms with van der Waals surface area (Å²) in [6.45, 7) is 6.57. The van der Waals surface area contributed by atoms with Gasteiger partial charge in [0.2, 0.25) is 0 Å². The number of nitrogens with zero attached hydrogens (tertiary/aromatic N) is 5. The number of imidazole rings is 1. The minimum absolute atomic E-state index is 0.238. The van der Waals surface area contributed by atoms with Crippen LogP contribution in [-0.4, -0.2) is 49.1 Å². The Morgan fingerprint density at radius 1 is 1.11 bits per heavy atom. The lowest BCUT2D eigenvalue weighted by molar-refractivity contribution is 0.402. The van der Waals surface area contributed by atoms with Crippen molar-refractivity contribution < 1.29 is 4.39 Å². The van der Waals surface area contributed by atoms with Crippen LogP contribution in [0.5, 0.6) is 0 Å². The Kier molecular flexibility index (Phi) is 6.26. The first-order chi connectivity index (χ1) is 17.5. The number of para-hydroxylation sites is 1. The van der Waals surface area contributed by atoms with Crippen molar-refractivity contribution in [3.05, 3.63) is 89.5 Å². The summed E-state index contributed by atoms with van der Waals surface area (Å²) >= 11 is 0. The van der Waals surface area contributed by atoms with Crippen molar-refractivity contribution in [3.8, 4) is 22.6 Å². The first-order valence-corrected chi connectivity index (χ1v) is 11.5. The SMILES string of the molecule is C=C(/C(F)=c1/c(-c2nc3c(-c4ccncc4)cccc3[nH]2)n[nH]/c1=C/C)c1cncc(CN(C)C)c1. The van der Waals surface area contributed by atoms with Crippen LogP contribution < -0.4 is 10.6 Å². The molecule has 180 valence electrons. The molecule has 5 aromatic rings. The number of H-pyrrole nitrogens is 2. The van der Waals surface area contributed by atoms with Gasteiger partial charge in [-0.2, -0.15) is 5.10 Å². The third-order valence-electron chi connectivity index (χ3n) is 5.94. The standard InChI is InChI=1S/C28H26FN7/c1-5-22-24(25(29)17(2)20-13-18(14-31-15-20)16-36(3)4)27(35-34-22)28-32-23-8-6-7-21(26(23)33-28)19-9-11-30-12-10-19/h5-15,34H,2,16H2,1,3-4H3,(H,32,33)/b22-5+,25-24-. The molecule has 4 heterocycles. The second-order valence-electron chi connectivity index (χ2n) is 8.78. The van der Waals surface area contributed by atoms with E-state index in [1.807, 2.05) is 62.3 Å². The van der Waals surface area contributed by atoms with Crippen LogP contribution in [0.2, 0.25) is 0 Å². The summed E-state index contributed by atoms with van der Waals surface area (Å²) in [5.74, 6) is -0.0150. The summed E-state index contributed by atoms with van der Waals surface area (Å²) in [4.78, 5) is 18.6. The molecule has 0 amide bonds. The van der Waals surface area contributed by atoms with Crippen LogP contribution in [0, 0.1) is 0 Å². The monoisotopic (exact) mass is 479 g/mol. The van der Waals surface area contributed by atoms with Gasteiger partial charge in [0.25, 0.3) is 0 Å². The molecule has 0 radical (unpaired) electrons. The number of fused-ring (bicyclic) bond motifs is 1. The molecule has 0 bridgehead atoms. The normalized spacial score (nSPS) is 13.0. The average molecular weight is 480 g/mol. The maximum absolute atomic E-state index is 16.1. The van der Waals surface area contributed by atoms with Crippen LogP contribution in [-0.2, 0) is 6.54 Å². The Hall–Kier alpha value is -4.43. The van der Waals surface area contributed by atoms with Crippen molar-refractivity contribution in [1.29, 1.82) is 0 Å². The summed E-state index contributed by atoms with van der Waals surface area (Å²) in [6.07, 6.45) is 8.67. The average Bonchev–Trinajstić information content (AvgIpc) is 3.52. The molecule has 36 heavy (non-hydrogen) atoms. The third-order valence-corrected chi connectivity index (χ3v) is 5.94. The number of allylic oxidation sites excluding steroid dienone is 1. The number of benzene rings is 1. The summed E-state index contributed by atoms with van der Waals surface area (Å²) in [5, 5.41) is 8.23. The van der Waals surface area contributed by atoms with Crippen LogP contribution in [0.25, 0.3) is 51.2 Å². The molecule has 0 aliphatic carbocycles. The maximum atomic E-state index is 16.1. The zero-order chi connectivity index (χ0) is 25.2. The number of halogens is 1. The predicted molar refractivity (Wildman–Crippen MR) is 141 cm³/mol. The lowest BCUT2D eigenvalue weighted by atomic mass is 10.0. The van der Waals surface area contributed by atoms with E-state index in [0.29, 0.717) is 34.2 Å². The van der Waals surface area contributed by atoms with Crippen LogP contribution >= 0.6 is 0 Å². The first-order valence-electron chi connectivity index (χ1n) is 11.5. The van der Waals surface area contributed by atoms with Gasteiger partial charge >= 0.3 is 0 Å². The number of hydrogen-bond donors (Lipinski definition) is 2. The molecule has 1 aromatic carbocycles. The largest absolute Gasteiger partial charge is 0.337 e. The van der Waals surface area contributed by atoms with Crippen molar-refractivity contribution in [1.82, 2.24) is 35.0 Å². The van der Waals surface area contributed by atoms with Crippen molar-refractivity contribution >= 4 is 28.5 Å². The van der Waals surface area contributed by atoms with E-state index >= 15 is 4.39 Å². The van der Waals surface area contributed by atoms with Gasteiger partial charge in [0.15, 0.2) is 5.82 Å². The Bertz CT molecular complexity index is 1680. The zero-order valence-corrected chi connectivity index (χ0v) is 20.4. The van der Waals surface area contributed by atoms with E-state index in [-0.39, 0.29) is 5.57 Å². The Morgan fingerprint density at radius 2 is 1.92 bits per heavy atom.